The van der Waals surface area contributed by atoms with Gasteiger partial charge in [-0.2, -0.15) is 10.1 Å². The van der Waals surface area contributed by atoms with Crippen molar-refractivity contribution >= 4 is 0 Å². The maximum atomic E-state index is 11.7. The predicted molar refractivity (Wildman–Crippen MR) is 175 cm³/mol. The zero-order chi connectivity index (χ0) is 32.7. The van der Waals surface area contributed by atoms with Crippen LogP contribution in [0, 0.1) is 0 Å². The first-order chi connectivity index (χ1) is 22.9. The molecule has 0 amide bonds. The van der Waals surface area contributed by atoms with Crippen LogP contribution in [0.3, 0.4) is 0 Å². The number of methoxy groups -OCH3 is 3. The molecule has 0 aliphatic carbocycles. The van der Waals surface area contributed by atoms with Crippen LogP contribution in [0.5, 0.6) is 46.0 Å². The Morgan fingerprint density at radius 1 is 0.638 bits per heavy atom. The molecule has 8 rings (SSSR count). The molecule has 10 heteroatoms. The van der Waals surface area contributed by atoms with Crippen molar-refractivity contribution in [2.45, 2.75) is 37.8 Å². The van der Waals surface area contributed by atoms with Crippen molar-refractivity contribution in [2.24, 2.45) is 0 Å². The average Bonchev–Trinajstić information content (AvgIpc) is 3.09. The summed E-state index contributed by atoms with van der Waals surface area (Å²) >= 11 is 0. The molecule has 0 saturated heterocycles. The average molecular weight is 641 g/mol. The summed E-state index contributed by atoms with van der Waals surface area (Å²) in [5.74, 6) is 3.57. The normalized spacial score (nSPS) is 19.1. The number of fused-ring (bicyclic) bond motifs is 2. The van der Waals surface area contributed by atoms with Gasteiger partial charge in [-0.05, 0) is 96.0 Å². The molecule has 4 heterocycles. The second kappa shape index (κ2) is 13.0. The van der Waals surface area contributed by atoms with Crippen LogP contribution in [0.1, 0.15) is 45.5 Å². The van der Waals surface area contributed by atoms with Crippen molar-refractivity contribution in [2.75, 3.05) is 48.6 Å². The minimum atomic E-state index is -0.310. The lowest BCUT2D eigenvalue weighted by Gasteiger charge is -2.37. The van der Waals surface area contributed by atoms with Crippen LogP contribution in [0.15, 0.2) is 60.7 Å². The molecule has 2 atom stereocenters. The summed E-state index contributed by atoms with van der Waals surface area (Å²) in [7, 11) is 8.19. The SMILES string of the molecule is COc1ccc2cc1Oc1ccc(cc1)C[C@H]1c3cc(c(OC)cc3CCN1OC)Oc1c(O)c(OC)cc3c1[C@H](C2)N(OC)CC3. The van der Waals surface area contributed by atoms with E-state index in [0.717, 1.165) is 46.3 Å². The van der Waals surface area contributed by atoms with E-state index in [2.05, 4.69) is 12.1 Å². The zero-order valence-electron chi connectivity index (χ0n) is 27.4. The van der Waals surface area contributed by atoms with Crippen LogP contribution in [0.2, 0.25) is 0 Å². The first kappa shape index (κ1) is 31.1. The number of hydroxylamine groups is 4. The summed E-state index contributed by atoms with van der Waals surface area (Å²) in [6, 6.07) is 19.6. The Bertz CT molecular complexity index is 1780. The lowest BCUT2D eigenvalue weighted by Crippen LogP contribution is -2.36. The van der Waals surface area contributed by atoms with Gasteiger partial charge in [-0.15, -0.1) is 0 Å². The summed E-state index contributed by atoms with van der Waals surface area (Å²) in [5, 5.41) is 15.6. The van der Waals surface area contributed by atoms with Crippen LogP contribution in [-0.4, -0.2) is 63.9 Å². The number of rotatable bonds is 5. The third kappa shape index (κ3) is 5.72. The molecule has 4 aliphatic heterocycles. The van der Waals surface area contributed by atoms with Gasteiger partial charge in [0, 0.05) is 18.7 Å². The number of phenolic OH excluding ortho intramolecular Hbond substituents is 1. The molecular formula is C37H40N2O8. The highest BCUT2D eigenvalue weighted by Gasteiger charge is 2.36. The van der Waals surface area contributed by atoms with Gasteiger partial charge < -0.3 is 38.5 Å². The molecule has 4 aromatic carbocycles. The molecule has 0 spiro atoms. The van der Waals surface area contributed by atoms with Gasteiger partial charge in [-0.25, -0.2) is 0 Å². The van der Waals surface area contributed by atoms with Gasteiger partial charge in [0.25, 0.3) is 0 Å². The Labute approximate surface area is 274 Å². The predicted octanol–water partition coefficient (Wildman–Crippen LogP) is 6.72. The fraction of sp³-hybridized carbons (Fsp3) is 0.351. The highest BCUT2D eigenvalue weighted by Crippen LogP contribution is 2.51. The Morgan fingerprint density at radius 2 is 1.26 bits per heavy atom. The monoisotopic (exact) mass is 640 g/mol. The lowest BCUT2D eigenvalue weighted by molar-refractivity contribution is -0.167. The minimum Gasteiger partial charge on any atom is -0.502 e. The number of hydrogen-bond acceptors (Lipinski definition) is 10. The first-order valence-electron chi connectivity index (χ1n) is 15.8. The first-order valence-corrected chi connectivity index (χ1v) is 15.8. The second-order valence-corrected chi connectivity index (χ2v) is 12.0. The van der Waals surface area contributed by atoms with E-state index >= 15 is 0 Å². The van der Waals surface area contributed by atoms with Crippen molar-refractivity contribution in [1.29, 1.82) is 0 Å². The smallest absolute Gasteiger partial charge is 0.201 e. The van der Waals surface area contributed by atoms with E-state index in [1.165, 1.54) is 0 Å². The summed E-state index contributed by atoms with van der Waals surface area (Å²) < 4.78 is 30.4. The Balaban J connectivity index is 1.46. The molecular weight excluding hydrogens is 600 g/mol. The van der Waals surface area contributed by atoms with Crippen LogP contribution < -0.4 is 23.7 Å². The molecule has 246 valence electrons. The van der Waals surface area contributed by atoms with Gasteiger partial charge >= 0.3 is 0 Å². The molecule has 4 aromatic rings. The van der Waals surface area contributed by atoms with Crippen molar-refractivity contribution in [1.82, 2.24) is 10.1 Å². The standard InChI is InChI=1S/C37H40N2O8/c1-41-30-11-8-23-17-29-35-25(13-15-39(29)45-5)20-34(43-3)36(40)37(35)47-33-21-27-24(19-31(33)42-2)12-14-38(44-4)28(27)16-22-6-9-26(10-7-22)46-32(30)18-23/h6-11,18-21,28-29,40H,12-17H2,1-5H3/t28-,29-/m0/s1. The van der Waals surface area contributed by atoms with Crippen molar-refractivity contribution in [3.05, 3.63) is 94.0 Å². The van der Waals surface area contributed by atoms with Gasteiger partial charge in [0.1, 0.15) is 5.75 Å². The third-order valence-corrected chi connectivity index (χ3v) is 9.50. The number of phenols is 1. The van der Waals surface area contributed by atoms with Crippen LogP contribution in [0.4, 0.5) is 0 Å². The largest absolute Gasteiger partial charge is 0.502 e. The maximum Gasteiger partial charge on any atom is 0.201 e. The van der Waals surface area contributed by atoms with E-state index in [1.807, 2.05) is 58.7 Å². The Kier molecular flexibility index (Phi) is 8.59. The fourth-order valence-electron chi connectivity index (χ4n) is 7.13. The number of benzene rings is 4. The van der Waals surface area contributed by atoms with E-state index in [4.69, 9.17) is 33.4 Å². The quantitative estimate of drug-likeness (QED) is 0.254. The van der Waals surface area contributed by atoms with Crippen molar-refractivity contribution in [3.63, 3.8) is 0 Å². The van der Waals surface area contributed by atoms with Crippen molar-refractivity contribution < 1.29 is 38.5 Å². The van der Waals surface area contributed by atoms with Crippen LogP contribution in [-0.2, 0) is 35.4 Å². The van der Waals surface area contributed by atoms with E-state index < -0.39 is 0 Å². The third-order valence-electron chi connectivity index (χ3n) is 9.50. The number of aromatic hydroxyl groups is 1. The molecule has 1 N–H and O–H groups in total. The summed E-state index contributed by atoms with van der Waals surface area (Å²) in [5.41, 5.74) is 6.18. The van der Waals surface area contributed by atoms with E-state index in [-0.39, 0.29) is 17.8 Å². The zero-order valence-corrected chi connectivity index (χ0v) is 27.4. The van der Waals surface area contributed by atoms with Crippen LogP contribution >= 0.6 is 0 Å². The van der Waals surface area contributed by atoms with E-state index in [1.54, 1.807) is 35.5 Å². The highest BCUT2D eigenvalue weighted by atomic mass is 16.7. The molecule has 0 saturated carbocycles. The molecule has 6 bridgehead atoms. The second-order valence-electron chi connectivity index (χ2n) is 12.0. The minimum absolute atomic E-state index is 0.0864. The maximum absolute atomic E-state index is 11.7. The van der Waals surface area contributed by atoms with E-state index in [9.17, 15) is 5.11 Å². The molecule has 0 aromatic heterocycles. The molecule has 4 aliphatic rings. The molecule has 0 unspecified atom stereocenters. The van der Waals surface area contributed by atoms with E-state index in [0.29, 0.717) is 66.1 Å². The number of hydrogen-bond donors (Lipinski definition) is 1. The highest BCUT2D eigenvalue weighted by molar-refractivity contribution is 5.63. The van der Waals surface area contributed by atoms with Gasteiger partial charge in [-0.1, -0.05) is 18.2 Å². The Hall–Kier alpha value is -4.48. The van der Waals surface area contributed by atoms with Crippen LogP contribution in [0.25, 0.3) is 0 Å². The molecule has 0 radical (unpaired) electrons. The van der Waals surface area contributed by atoms with Gasteiger partial charge in [0.05, 0.1) is 47.6 Å². The molecule has 0 fully saturated rings. The fourth-order valence-corrected chi connectivity index (χ4v) is 7.13. The lowest BCUT2D eigenvalue weighted by atomic mass is 9.88. The number of ether oxygens (including phenoxy) is 5. The van der Waals surface area contributed by atoms with Gasteiger partial charge in [0.15, 0.2) is 34.5 Å². The number of nitrogens with zero attached hydrogens (tertiary/aromatic N) is 2. The van der Waals surface area contributed by atoms with Gasteiger partial charge in [-0.3, -0.25) is 0 Å². The topological polar surface area (TPSA) is 91.3 Å². The van der Waals surface area contributed by atoms with Crippen molar-refractivity contribution in [3.8, 4) is 46.0 Å². The summed E-state index contributed by atoms with van der Waals surface area (Å²) in [6.07, 6.45) is 2.68. The molecule has 47 heavy (non-hydrogen) atoms. The van der Waals surface area contributed by atoms with Gasteiger partial charge in [0.2, 0.25) is 5.75 Å². The Morgan fingerprint density at radius 3 is 1.96 bits per heavy atom. The molecule has 10 nitrogen and oxygen atoms in total. The summed E-state index contributed by atoms with van der Waals surface area (Å²) in [6.45, 7) is 1.37. The summed E-state index contributed by atoms with van der Waals surface area (Å²) in [4.78, 5) is 11.8.